The van der Waals surface area contributed by atoms with E-state index in [1.807, 2.05) is 0 Å². The van der Waals surface area contributed by atoms with Crippen molar-refractivity contribution in [2.24, 2.45) is 5.92 Å². The summed E-state index contributed by atoms with van der Waals surface area (Å²) < 4.78 is 5.66. The third-order valence-electron chi connectivity index (χ3n) is 4.58. The number of benzene rings is 1. The van der Waals surface area contributed by atoms with Crippen LogP contribution in [0.15, 0.2) is 29.8 Å². The van der Waals surface area contributed by atoms with E-state index in [0.717, 1.165) is 18.4 Å². The van der Waals surface area contributed by atoms with Crippen LogP contribution in [-0.4, -0.2) is 22.9 Å². The van der Waals surface area contributed by atoms with Gasteiger partial charge in [0.15, 0.2) is 0 Å². The summed E-state index contributed by atoms with van der Waals surface area (Å²) in [5.41, 5.74) is 1.85. The van der Waals surface area contributed by atoms with Gasteiger partial charge in [-0.3, -0.25) is 0 Å². The summed E-state index contributed by atoms with van der Waals surface area (Å²) in [6.07, 6.45) is 4.06. The van der Waals surface area contributed by atoms with Crippen molar-refractivity contribution < 1.29 is 14.9 Å². The molecule has 0 aromatic heterocycles. The molecule has 20 heavy (non-hydrogen) atoms. The van der Waals surface area contributed by atoms with Crippen molar-refractivity contribution in [1.82, 2.24) is 0 Å². The second kappa shape index (κ2) is 5.49. The van der Waals surface area contributed by atoms with E-state index in [1.54, 1.807) is 19.2 Å². The SMILES string of the molecule is COC(C)(C)[C@H]1CC=C(C)C[C@H]1c1cc(O)ccc1O. The molecule has 0 heterocycles. The van der Waals surface area contributed by atoms with Gasteiger partial charge in [-0.2, -0.15) is 0 Å². The van der Waals surface area contributed by atoms with Crippen molar-refractivity contribution >= 4 is 0 Å². The third-order valence-corrected chi connectivity index (χ3v) is 4.58. The predicted molar refractivity (Wildman–Crippen MR) is 80.1 cm³/mol. The number of phenolic OH excluding ortho intramolecular Hbond substituents is 2. The second-order valence-electron chi connectivity index (χ2n) is 6.25. The first-order valence-corrected chi connectivity index (χ1v) is 7.08. The molecule has 0 fully saturated rings. The highest BCUT2D eigenvalue weighted by Gasteiger charge is 2.38. The van der Waals surface area contributed by atoms with Crippen LogP contribution in [0, 0.1) is 5.92 Å². The van der Waals surface area contributed by atoms with E-state index in [0.29, 0.717) is 0 Å². The summed E-state index contributed by atoms with van der Waals surface area (Å²) in [6.45, 7) is 6.28. The largest absolute Gasteiger partial charge is 0.508 e. The van der Waals surface area contributed by atoms with Crippen molar-refractivity contribution in [3.05, 3.63) is 35.4 Å². The Balaban J connectivity index is 2.44. The van der Waals surface area contributed by atoms with E-state index in [2.05, 4.69) is 26.8 Å². The van der Waals surface area contributed by atoms with Gasteiger partial charge in [0, 0.05) is 12.7 Å². The van der Waals surface area contributed by atoms with Crippen LogP contribution in [0.25, 0.3) is 0 Å². The van der Waals surface area contributed by atoms with Crippen molar-refractivity contribution in [2.45, 2.75) is 45.1 Å². The average molecular weight is 276 g/mol. The smallest absolute Gasteiger partial charge is 0.119 e. The van der Waals surface area contributed by atoms with E-state index in [9.17, 15) is 10.2 Å². The summed E-state index contributed by atoms with van der Waals surface area (Å²) in [7, 11) is 1.73. The molecule has 0 bridgehead atoms. The Morgan fingerprint density at radius 1 is 1.25 bits per heavy atom. The maximum Gasteiger partial charge on any atom is 0.119 e. The fourth-order valence-electron chi connectivity index (χ4n) is 3.15. The van der Waals surface area contributed by atoms with Crippen LogP contribution in [0.4, 0.5) is 0 Å². The highest BCUT2D eigenvalue weighted by Crippen LogP contribution is 2.46. The normalized spacial score (nSPS) is 23.5. The van der Waals surface area contributed by atoms with Crippen LogP contribution in [0.1, 0.15) is 45.1 Å². The molecular weight excluding hydrogens is 252 g/mol. The Morgan fingerprint density at radius 3 is 2.60 bits per heavy atom. The van der Waals surface area contributed by atoms with Gasteiger partial charge in [0.2, 0.25) is 0 Å². The molecule has 110 valence electrons. The molecule has 1 aromatic rings. The first-order chi connectivity index (χ1) is 9.35. The molecule has 1 aromatic carbocycles. The van der Waals surface area contributed by atoms with Gasteiger partial charge in [-0.25, -0.2) is 0 Å². The van der Waals surface area contributed by atoms with Gasteiger partial charge < -0.3 is 14.9 Å². The number of allylic oxidation sites excluding steroid dienone is 2. The number of methoxy groups -OCH3 is 1. The third kappa shape index (κ3) is 2.83. The van der Waals surface area contributed by atoms with E-state index in [4.69, 9.17) is 4.74 Å². The van der Waals surface area contributed by atoms with Crippen LogP contribution in [0.2, 0.25) is 0 Å². The van der Waals surface area contributed by atoms with E-state index < -0.39 is 0 Å². The van der Waals surface area contributed by atoms with Gasteiger partial charge in [0.05, 0.1) is 5.60 Å². The molecule has 2 rings (SSSR count). The van der Waals surface area contributed by atoms with E-state index >= 15 is 0 Å². The Kier molecular flexibility index (Phi) is 4.09. The minimum absolute atomic E-state index is 0.155. The molecule has 0 saturated carbocycles. The topological polar surface area (TPSA) is 49.7 Å². The molecule has 3 nitrogen and oxygen atoms in total. The van der Waals surface area contributed by atoms with Gasteiger partial charge in [0.25, 0.3) is 0 Å². The highest BCUT2D eigenvalue weighted by atomic mass is 16.5. The zero-order valence-electron chi connectivity index (χ0n) is 12.7. The second-order valence-corrected chi connectivity index (χ2v) is 6.25. The van der Waals surface area contributed by atoms with Crippen LogP contribution in [-0.2, 0) is 4.74 Å². The van der Waals surface area contributed by atoms with Crippen molar-refractivity contribution in [1.29, 1.82) is 0 Å². The van der Waals surface area contributed by atoms with Crippen molar-refractivity contribution in [3.63, 3.8) is 0 Å². The van der Waals surface area contributed by atoms with E-state index in [1.165, 1.54) is 11.6 Å². The van der Waals surface area contributed by atoms with Crippen LogP contribution in [0.5, 0.6) is 11.5 Å². The summed E-state index contributed by atoms with van der Waals surface area (Å²) in [4.78, 5) is 0. The molecule has 0 unspecified atom stereocenters. The van der Waals surface area contributed by atoms with Gasteiger partial charge in [0.1, 0.15) is 11.5 Å². The molecule has 0 saturated heterocycles. The van der Waals surface area contributed by atoms with Gasteiger partial charge in [-0.15, -0.1) is 0 Å². The zero-order valence-corrected chi connectivity index (χ0v) is 12.7. The molecule has 0 amide bonds. The summed E-state index contributed by atoms with van der Waals surface area (Å²) >= 11 is 0. The molecular formula is C17H24O3. The fourth-order valence-corrected chi connectivity index (χ4v) is 3.15. The summed E-state index contributed by atoms with van der Waals surface area (Å²) in [6, 6.07) is 4.76. The zero-order chi connectivity index (χ0) is 14.9. The summed E-state index contributed by atoms with van der Waals surface area (Å²) in [5, 5.41) is 19.9. The van der Waals surface area contributed by atoms with Gasteiger partial charge in [-0.1, -0.05) is 11.6 Å². The maximum atomic E-state index is 10.2. The molecule has 1 aliphatic carbocycles. The van der Waals surface area contributed by atoms with Crippen LogP contribution in [0.3, 0.4) is 0 Å². The lowest BCUT2D eigenvalue weighted by atomic mass is 9.69. The van der Waals surface area contributed by atoms with Gasteiger partial charge in [-0.05, 0) is 63.6 Å². The lowest BCUT2D eigenvalue weighted by Crippen LogP contribution is -2.38. The minimum Gasteiger partial charge on any atom is -0.508 e. The summed E-state index contributed by atoms with van der Waals surface area (Å²) in [5.74, 6) is 0.865. The van der Waals surface area contributed by atoms with E-state index in [-0.39, 0.29) is 28.9 Å². The standard InChI is InChI=1S/C17H24O3/c1-11-5-7-15(17(2,3)20-4)13(9-11)14-10-12(18)6-8-16(14)19/h5-6,8,10,13,15,18-19H,7,9H2,1-4H3/t13-,15-/m0/s1. The Bertz CT molecular complexity index is 517. The Labute approximate surface area is 120 Å². The number of hydrogen-bond acceptors (Lipinski definition) is 3. The number of phenols is 2. The first kappa shape index (κ1) is 14.9. The first-order valence-electron chi connectivity index (χ1n) is 7.08. The molecule has 0 spiro atoms. The molecule has 2 atom stereocenters. The number of aromatic hydroxyl groups is 2. The highest BCUT2D eigenvalue weighted by molar-refractivity contribution is 5.42. The molecule has 1 aliphatic rings. The van der Waals surface area contributed by atoms with Crippen LogP contribution >= 0.6 is 0 Å². The Morgan fingerprint density at radius 2 is 1.95 bits per heavy atom. The number of hydrogen-bond donors (Lipinski definition) is 2. The van der Waals surface area contributed by atoms with Crippen molar-refractivity contribution in [3.8, 4) is 11.5 Å². The van der Waals surface area contributed by atoms with Crippen LogP contribution < -0.4 is 0 Å². The maximum absolute atomic E-state index is 10.2. The fraction of sp³-hybridized carbons (Fsp3) is 0.529. The molecule has 3 heteroatoms. The predicted octanol–water partition coefficient (Wildman–Crippen LogP) is 3.96. The molecule has 2 N–H and O–H groups in total. The molecule has 0 radical (unpaired) electrons. The molecule has 0 aliphatic heterocycles. The quantitative estimate of drug-likeness (QED) is 0.649. The monoisotopic (exact) mass is 276 g/mol. The Hall–Kier alpha value is -1.48. The number of ether oxygens (including phenoxy) is 1. The number of rotatable bonds is 3. The lowest BCUT2D eigenvalue weighted by Gasteiger charge is -2.41. The lowest BCUT2D eigenvalue weighted by molar-refractivity contribution is -0.0385. The average Bonchev–Trinajstić information content (AvgIpc) is 2.41. The minimum atomic E-state index is -0.278. The van der Waals surface area contributed by atoms with Crippen molar-refractivity contribution in [2.75, 3.05) is 7.11 Å². The van der Waals surface area contributed by atoms with Gasteiger partial charge >= 0.3 is 0 Å².